The molecule has 2 amide bonds. The summed E-state index contributed by atoms with van der Waals surface area (Å²) >= 11 is 0. The molecule has 164 valence electrons. The lowest BCUT2D eigenvalue weighted by Crippen LogP contribution is -2.32. The highest BCUT2D eigenvalue weighted by atomic mass is 16.5. The molecule has 2 saturated carbocycles. The fourth-order valence-corrected chi connectivity index (χ4v) is 5.53. The monoisotopic (exact) mass is 433 g/mol. The van der Waals surface area contributed by atoms with Gasteiger partial charge < -0.3 is 9.47 Å². The molecular weight excluding hydrogens is 410 g/mol. The summed E-state index contributed by atoms with van der Waals surface area (Å²) in [5.74, 6) is -0.701. The molecule has 0 radical (unpaired) electrons. The first-order valence-corrected chi connectivity index (χ1v) is 10.8. The Morgan fingerprint density at radius 1 is 0.938 bits per heavy atom. The Labute approximate surface area is 185 Å². The lowest BCUT2D eigenvalue weighted by atomic mass is 9.81. The molecule has 32 heavy (non-hydrogen) atoms. The van der Waals surface area contributed by atoms with Crippen LogP contribution in [-0.4, -0.2) is 37.3 Å². The molecule has 3 aliphatic rings. The predicted octanol–water partition coefficient (Wildman–Crippen LogP) is 3.27. The van der Waals surface area contributed by atoms with Gasteiger partial charge in [-0.3, -0.25) is 19.3 Å². The number of anilines is 1. The number of nitrogens with zero attached hydrogens (tertiary/aromatic N) is 1. The molecule has 1 heterocycles. The van der Waals surface area contributed by atoms with Crippen LogP contribution in [0.4, 0.5) is 5.69 Å². The zero-order valence-corrected chi connectivity index (χ0v) is 17.7. The zero-order chi connectivity index (χ0) is 22.4. The number of esters is 1. The number of imide groups is 1. The maximum atomic E-state index is 13.0. The van der Waals surface area contributed by atoms with Crippen LogP contribution in [0.3, 0.4) is 0 Å². The number of hydrogen-bond donors (Lipinski definition) is 0. The van der Waals surface area contributed by atoms with Gasteiger partial charge in [0, 0.05) is 5.56 Å². The number of benzene rings is 2. The molecule has 0 spiro atoms. The van der Waals surface area contributed by atoms with E-state index in [1.165, 1.54) is 24.1 Å². The molecule has 1 saturated heterocycles. The number of fused-ring (bicyclic) bond motifs is 5. The summed E-state index contributed by atoms with van der Waals surface area (Å²) in [4.78, 5) is 52.2. The third kappa shape index (κ3) is 3.28. The Kier molecular flexibility index (Phi) is 5.04. The third-order valence-electron chi connectivity index (χ3n) is 6.99. The minimum absolute atomic E-state index is 0.161. The first-order chi connectivity index (χ1) is 15.5. The van der Waals surface area contributed by atoms with Crippen molar-refractivity contribution < 1.29 is 28.7 Å². The molecule has 2 aromatic carbocycles. The Balaban J connectivity index is 1.29. The van der Waals surface area contributed by atoms with Crippen LogP contribution in [0.25, 0.3) is 0 Å². The maximum absolute atomic E-state index is 13.0. The van der Waals surface area contributed by atoms with Gasteiger partial charge in [0.1, 0.15) is 5.75 Å². The number of hydrogen-bond acceptors (Lipinski definition) is 6. The van der Waals surface area contributed by atoms with Crippen molar-refractivity contribution in [1.82, 2.24) is 0 Å². The van der Waals surface area contributed by atoms with Gasteiger partial charge in [-0.25, -0.2) is 4.79 Å². The highest BCUT2D eigenvalue weighted by molar-refractivity contribution is 6.22. The smallest absolute Gasteiger partial charge is 0.338 e. The summed E-state index contributed by atoms with van der Waals surface area (Å²) in [7, 11) is 1.50. The molecule has 7 heteroatoms. The summed E-state index contributed by atoms with van der Waals surface area (Å²) in [6.07, 6.45) is 2.98. The van der Waals surface area contributed by atoms with E-state index in [0.717, 1.165) is 19.3 Å². The quantitative estimate of drug-likeness (QED) is 0.395. The van der Waals surface area contributed by atoms with E-state index in [1.807, 2.05) is 0 Å². The number of amides is 2. The van der Waals surface area contributed by atoms with E-state index in [2.05, 4.69) is 0 Å². The number of carbonyl (C=O) groups is 4. The molecular formula is C25H23NO6. The van der Waals surface area contributed by atoms with Crippen molar-refractivity contribution in [1.29, 1.82) is 0 Å². The zero-order valence-electron chi connectivity index (χ0n) is 17.7. The Morgan fingerprint density at radius 2 is 1.59 bits per heavy atom. The highest BCUT2D eigenvalue weighted by Crippen LogP contribution is 2.56. The molecule has 0 aromatic heterocycles. The number of ketones is 1. The summed E-state index contributed by atoms with van der Waals surface area (Å²) in [5.41, 5.74) is 0.935. The normalized spacial score (nSPS) is 25.7. The van der Waals surface area contributed by atoms with Gasteiger partial charge in [0.05, 0.1) is 30.2 Å². The standard InChI is InChI=1S/C25H23NO6/c1-31-19-7-3-4-14(12-19)20(27)13-32-25(30)17-5-2-6-18(11-17)26-23(28)21-15-8-9-16(10-15)22(21)24(26)29/h2-7,11-12,15-16,21-22H,8-10,13H2,1H3. The topological polar surface area (TPSA) is 90.0 Å². The molecule has 5 rings (SSSR count). The minimum atomic E-state index is -0.692. The average molecular weight is 433 g/mol. The molecule has 7 nitrogen and oxygen atoms in total. The number of ether oxygens (including phenoxy) is 2. The van der Waals surface area contributed by atoms with Crippen LogP contribution in [-0.2, 0) is 14.3 Å². The van der Waals surface area contributed by atoms with Gasteiger partial charge in [-0.15, -0.1) is 0 Å². The SMILES string of the molecule is COc1cccc(C(=O)COC(=O)c2cccc(N3C(=O)C4C5CCC(C5)C4C3=O)c2)c1. The molecule has 4 unspecified atom stereocenters. The fourth-order valence-electron chi connectivity index (χ4n) is 5.53. The van der Waals surface area contributed by atoms with Crippen LogP contribution in [0, 0.1) is 23.7 Å². The first kappa shape index (κ1) is 20.4. The fraction of sp³-hybridized carbons (Fsp3) is 0.360. The molecule has 4 atom stereocenters. The molecule has 3 fully saturated rings. The van der Waals surface area contributed by atoms with E-state index in [0.29, 0.717) is 28.8 Å². The van der Waals surface area contributed by atoms with Gasteiger partial charge in [0.25, 0.3) is 0 Å². The van der Waals surface area contributed by atoms with Gasteiger partial charge >= 0.3 is 5.97 Å². The Bertz CT molecular complexity index is 1100. The van der Waals surface area contributed by atoms with Crippen LogP contribution < -0.4 is 9.64 Å². The van der Waals surface area contributed by atoms with Gasteiger partial charge in [0.15, 0.2) is 12.4 Å². The highest BCUT2D eigenvalue weighted by Gasteiger charge is 2.61. The van der Waals surface area contributed by atoms with Gasteiger partial charge in [-0.1, -0.05) is 18.2 Å². The molecule has 2 bridgehead atoms. The summed E-state index contributed by atoms with van der Waals surface area (Å²) in [5, 5.41) is 0. The lowest BCUT2D eigenvalue weighted by molar-refractivity contribution is -0.123. The van der Waals surface area contributed by atoms with Crippen LogP contribution in [0.2, 0.25) is 0 Å². The number of methoxy groups -OCH3 is 1. The van der Waals surface area contributed by atoms with Crippen LogP contribution in [0.1, 0.15) is 40.0 Å². The second-order valence-corrected chi connectivity index (χ2v) is 8.68. The van der Waals surface area contributed by atoms with Crippen molar-refractivity contribution in [2.24, 2.45) is 23.7 Å². The number of Topliss-reactive ketones (excluding diaryl/α,β-unsaturated/α-hetero) is 1. The molecule has 1 aliphatic heterocycles. The van der Waals surface area contributed by atoms with Crippen molar-refractivity contribution >= 4 is 29.3 Å². The van der Waals surface area contributed by atoms with Crippen molar-refractivity contribution in [2.45, 2.75) is 19.3 Å². The van der Waals surface area contributed by atoms with Crippen molar-refractivity contribution in [3.8, 4) is 5.75 Å². The third-order valence-corrected chi connectivity index (χ3v) is 6.99. The molecule has 2 aromatic rings. The minimum Gasteiger partial charge on any atom is -0.497 e. The van der Waals surface area contributed by atoms with Gasteiger partial charge in [0.2, 0.25) is 11.8 Å². The summed E-state index contributed by atoms with van der Waals surface area (Å²) in [6, 6.07) is 12.9. The number of rotatable bonds is 6. The van der Waals surface area contributed by atoms with Crippen LogP contribution in [0.5, 0.6) is 5.75 Å². The van der Waals surface area contributed by atoms with E-state index in [1.54, 1.807) is 36.4 Å². The second-order valence-electron chi connectivity index (χ2n) is 8.68. The van der Waals surface area contributed by atoms with E-state index >= 15 is 0 Å². The largest absolute Gasteiger partial charge is 0.497 e. The number of carbonyl (C=O) groups excluding carboxylic acids is 4. The van der Waals surface area contributed by atoms with E-state index in [-0.39, 0.29) is 35.0 Å². The van der Waals surface area contributed by atoms with E-state index in [9.17, 15) is 19.2 Å². The van der Waals surface area contributed by atoms with Crippen LogP contribution >= 0.6 is 0 Å². The average Bonchev–Trinajstić information content (AvgIpc) is 3.51. The van der Waals surface area contributed by atoms with Crippen molar-refractivity contribution in [3.05, 3.63) is 59.7 Å². The van der Waals surface area contributed by atoms with Crippen molar-refractivity contribution in [2.75, 3.05) is 18.6 Å². The Morgan fingerprint density at radius 3 is 2.28 bits per heavy atom. The van der Waals surface area contributed by atoms with E-state index < -0.39 is 12.6 Å². The molecule has 0 N–H and O–H groups in total. The van der Waals surface area contributed by atoms with Crippen molar-refractivity contribution in [3.63, 3.8) is 0 Å². The van der Waals surface area contributed by atoms with Crippen LogP contribution in [0.15, 0.2) is 48.5 Å². The second kappa shape index (κ2) is 7.89. The van der Waals surface area contributed by atoms with Gasteiger partial charge in [-0.05, 0) is 61.4 Å². The molecule has 2 aliphatic carbocycles. The Hall–Kier alpha value is -3.48. The first-order valence-electron chi connectivity index (χ1n) is 10.8. The van der Waals surface area contributed by atoms with Gasteiger partial charge in [-0.2, -0.15) is 0 Å². The maximum Gasteiger partial charge on any atom is 0.338 e. The summed E-state index contributed by atoms with van der Waals surface area (Å²) < 4.78 is 10.3. The predicted molar refractivity (Wildman–Crippen MR) is 114 cm³/mol. The van der Waals surface area contributed by atoms with E-state index in [4.69, 9.17) is 9.47 Å². The lowest BCUT2D eigenvalue weighted by Gasteiger charge is -2.19. The summed E-state index contributed by atoms with van der Waals surface area (Å²) in [6.45, 7) is -0.425.